The Balaban J connectivity index is 2.30. The third-order valence-corrected chi connectivity index (χ3v) is 5.00. The normalized spacial score (nSPS) is 10.8. The quantitative estimate of drug-likeness (QED) is 0.397. The van der Waals surface area contributed by atoms with Gasteiger partial charge in [0, 0.05) is 20.1 Å². The summed E-state index contributed by atoms with van der Waals surface area (Å²) in [5, 5.41) is 0. The van der Waals surface area contributed by atoms with Crippen LogP contribution in [0.4, 0.5) is 8.78 Å². The predicted molar refractivity (Wildman–Crippen MR) is 104 cm³/mol. The summed E-state index contributed by atoms with van der Waals surface area (Å²) in [6.07, 6.45) is 0. The Morgan fingerprint density at radius 3 is 2.12 bits per heavy atom. The first-order valence-corrected chi connectivity index (χ1v) is 9.09. The number of benzene rings is 3. The third-order valence-electron chi connectivity index (χ3n) is 4.01. The fourth-order valence-electron chi connectivity index (χ4n) is 2.77. The lowest BCUT2D eigenvalue weighted by molar-refractivity contribution is 0.415. The van der Waals surface area contributed by atoms with Crippen molar-refractivity contribution in [1.82, 2.24) is 0 Å². The molecule has 0 bridgehead atoms. The van der Waals surface area contributed by atoms with Crippen LogP contribution in [0, 0.1) is 18.6 Å². The van der Waals surface area contributed by atoms with Gasteiger partial charge in [-0.1, -0.05) is 37.9 Å². The highest BCUT2D eigenvalue weighted by molar-refractivity contribution is 9.10. The molecule has 1 nitrogen and oxygen atoms in total. The molecule has 0 aliphatic carbocycles. The lowest BCUT2D eigenvalue weighted by Gasteiger charge is -2.15. The van der Waals surface area contributed by atoms with Crippen LogP contribution >= 0.6 is 31.9 Å². The SMILES string of the molecule is COc1ccc(Br)cc1-c1c(F)ccc(-c2cc(Br)ccc2C)c1F. The molecule has 5 heteroatoms. The molecular weight excluding hydrogens is 454 g/mol. The second-order valence-corrected chi connectivity index (χ2v) is 7.42. The van der Waals surface area contributed by atoms with Crippen molar-refractivity contribution < 1.29 is 13.5 Å². The minimum absolute atomic E-state index is 0.102. The van der Waals surface area contributed by atoms with Crippen LogP contribution in [0.25, 0.3) is 22.3 Å². The van der Waals surface area contributed by atoms with Gasteiger partial charge in [-0.2, -0.15) is 0 Å². The number of rotatable bonds is 3. The fourth-order valence-corrected chi connectivity index (χ4v) is 3.49. The second-order valence-electron chi connectivity index (χ2n) is 5.59. The third kappa shape index (κ3) is 3.48. The van der Waals surface area contributed by atoms with Gasteiger partial charge in [0.05, 0.1) is 12.7 Å². The van der Waals surface area contributed by atoms with Gasteiger partial charge in [0.25, 0.3) is 0 Å². The monoisotopic (exact) mass is 466 g/mol. The Hall–Kier alpha value is -1.72. The molecule has 128 valence electrons. The number of aryl methyl sites for hydroxylation is 1. The van der Waals surface area contributed by atoms with Crippen molar-refractivity contribution in [3.63, 3.8) is 0 Å². The summed E-state index contributed by atoms with van der Waals surface area (Å²) in [7, 11) is 1.48. The van der Waals surface area contributed by atoms with Gasteiger partial charge in [0.2, 0.25) is 0 Å². The van der Waals surface area contributed by atoms with Crippen LogP contribution in [0.3, 0.4) is 0 Å². The van der Waals surface area contributed by atoms with E-state index >= 15 is 4.39 Å². The van der Waals surface area contributed by atoms with Crippen LogP contribution in [-0.2, 0) is 0 Å². The van der Waals surface area contributed by atoms with Crippen molar-refractivity contribution in [1.29, 1.82) is 0 Å². The number of halogens is 4. The van der Waals surface area contributed by atoms with E-state index in [0.29, 0.717) is 26.9 Å². The van der Waals surface area contributed by atoms with E-state index in [1.54, 1.807) is 18.2 Å². The molecule has 3 aromatic carbocycles. The first-order chi connectivity index (χ1) is 11.9. The first kappa shape index (κ1) is 18.1. The summed E-state index contributed by atoms with van der Waals surface area (Å²) in [5.41, 5.74) is 2.22. The first-order valence-electron chi connectivity index (χ1n) is 7.51. The number of hydrogen-bond donors (Lipinski definition) is 0. The highest BCUT2D eigenvalue weighted by Gasteiger charge is 2.20. The van der Waals surface area contributed by atoms with E-state index in [9.17, 15) is 4.39 Å². The highest BCUT2D eigenvalue weighted by Crippen LogP contribution is 2.40. The molecule has 3 aromatic rings. The van der Waals surface area contributed by atoms with Crippen LogP contribution in [0.2, 0.25) is 0 Å². The Kier molecular flexibility index (Phi) is 5.25. The molecule has 0 amide bonds. The Bertz CT molecular complexity index is 955. The Labute approximate surface area is 161 Å². The van der Waals surface area contributed by atoms with E-state index in [1.807, 2.05) is 25.1 Å². The van der Waals surface area contributed by atoms with E-state index in [2.05, 4.69) is 31.9 Å². The maximum absolute atomic E-state index is 15.3. The van der Waals surface area contributed by atoms with Crippen LogP contribution in [0.5, 0.6) is 5.75 Å². The highest BCUT2D eigenvalue weighted by atomic mass is 79.9. The van der Waals surface area contributed by atoms with Crippen molar-refractivity contribution in [2.75, 3.05) is 7.11 Å². The summed E-state index contributed by atoms with van der Waals surface area (Å²) < 4.78 is 36.7. The van der Waals surface area contributed by atoms with Gasteiger partial charge >= 0.3 is 0 Å². The molecule has 3 rings (SSSR count). The smallest absolute Gasteiger partial charge is 0.141 e. The minimum Gasteiger partial charge on any atom is -0.496 e. The molecule has 0 N–H and O–H groups in total. The summed E-state index contributed by atoms with van der Waals surface area (Å²) in [5.74, 6) is -0.841. The molecule has 0 aliphatic heterocycles. The minimum atomic E-state index is -0.634. The molecule has 0 atom stereocenters. The summed E-state index contributed by atoms with van der Waals surface area (Å²) >= 11 is 6.76. The maximum atomic E-state index is 15.3. The summed E-state index contributed by atoms with van der Waals surface area (Å²) in [4.78, 5) is 0. The van der Waals surface area contributed by atoms with Gasteiger partial charge in [0.1, 0.15) is 17.4 Å². The topological polar surface area (TPSA) is 9.23 Å². The van der Waals surface area contributed by atoms with Crippen molar-refractivity contribution >= 4 is 31.9 Å². The van der Waals surface area contributed by atoms with Gasteiger partial charge in [0.15, 0.2) is 0 Å². The van der Waals surface area contributed by atoms with E-state index in [0.717, 1.165) is 10.0 Å². The molecule has 25 heavy (non-hydrogen) atoms. The number of methoxy groups -OCH3 is 1. The molecule has 0 saturated carbocycles. The van der Waals surface area contributed by atoms with Crippen LogP contribution in [0.15, 0.2) is 57.5 Å². The van der Waals surface area contributed by atoms with Crippen LogP contribution in [0.1, 0.15) is 5.56 Å². The number of hydrogen-bond acceptors (Lipinski definition) is 1. The van der Waals surface area contributed by atoms with Crippen molar-refractivity contribution in [2.24, 2.45) is 0 Å². The molecule has 0 saturated heterocycles. The lowest BCUT2D eigenvalue weighted by Crippen LogP contribution is -1.97. The van der Waals surface area contributed by atoms with Gasteiger partial charge < -0.3 is 4.74 Å². The zero-order valence-corrected chi connectivity index (χ0v) is 16.7. The average molecular weight is 468 g/mol. The van der Waals surface area contributed by atoms with Crippen molar-refractivity contribution in [2.45, 2.75) is 6.92 Å². The predicted octanol–water partition coefficient (Wildman–Crippen LogP) is 7.14. The fraction of sp³-hybridized carbons (Fsp3) is 0.100. The van der Waals surface area contributed by atoms with Crippen LogP contribution < -0.4 is 4.74 Å². The zero-order valence-electron chi connectivity index (χ0n) is 13.5. The van der Waals surface area contributed by atoms with Gasteiger partial charge in [-0.15, -0.1) is 0 Å². The van der Waals surface area contributed by atoms with E-state index in [1.165, 1.54) is 19.2 Å². The average Bonchev–Trinajstić information content (AvgIpc) is 2.58. The maximum Gasteiger partial charge on any atom is 0.141 e. The van der Waals surface area contributed by atoms with E-state index in [-0.39, 0.29) is 5.56 Å². The standard InChI is InChI=1S/C20H14Br2F2O/c1-11-3-4-12(21)9-15(11)14-6-7-17(23)19(20(14)24)16-10-13(22)5-8-18(16)25-2/h3-10H,1-2H3. The molecule has 0 unspecified atom stereocenters. The molecular formula is C20H14Br2F2O. The largest absolute Gasteiger partial charge is 0.496 e. The van der Waals surface area contributed by atoms with Crippen molar-refractivity contribution in [3.8, 4) is 28.0 Å². The molecule has 0 aromatic heterocycles. The van der Waals surface area contributed by atoms with Gasteiger partial charge in [-0.3, -0.25) is 0 Å². The van der Waals surface area contributed by atoms with Gasteiger partial charge in [-0.25, -0.2) is 8.78 Å². The molecule has 0 aliphatic rings. The van der Waals surface area contributed by atoms with E-state index < -0.39 is 11.6 Å². The Morgan fingerprint density at radius 1 is 0.800 bits per heavy atom. The lowest BCUT2D eigenvalue weighted by atomic mass is 9.94. The van der Waals surface area contributed by atoms with Crippen LogP contribution in [-0.4, -0.2) is 7.11 Å². The Morgan fingerprint density at radius 2 is 1.44 bits per heavy atom. The van der Waals surface area contributed by atoms with Crippen molar-refractivity contribution in [3.05, 3.63) is 74.7 Å². The molecule has 0 radical (unpaired) electrons. The second kappa shape index (κ2) is 7.26. The van der Waals surface area contributed by atoms with Gasteiger partial charge in [-0.05, 0) is 60.5 Å². The molecule has 0 spiro atoms. The number of ether oxygens (including phenoxy) is 1. The molecule has 0 heterocycles. The summed E-state index contributed by atoms with van der Waals surface area (Å²) in [6, 6.07) is 13.4. The molecule has 0 fully saturated rings. The summed E-state index contributed by atoms with van der Waals surface area (Å²) in [6.45, 7) is 1.89. The van der Waals surface area contributed by atoms with E-state index in [4.69, 9.17) is 4.74 Å². The zero-order chi connectivity index (χ0) is 18.1.